The summed E-state index contributed by atoms with van der Waals surface area (Å²) in [5, 5.41) is 2.72. The van der Waals surface area contributed by atoms with E-state index in [1.807, 2.05) is 7.05 Å². The second-order valence-electron chi connectivity index (χ2n) is 6.79. The van der Waals surface area contributed by atoms with Crippen molar-refractivity contribution >= 4 is 11.8 Å². The first-order valence-corrected chi connectivity index (χ1v) is 9.17. The number of carbonyl (C=O) groups is 1. The first-order chi connectivity index (χ1) is 13.5. The summed E-state index contributed by atoms with van der Waals surface area (Å²) < 4.78 is 29.9. The van der Waals surface area contributed by atoms with Crippen LogP contribution in [0.1, 0.15) is 12.8 Å². The number of hydrogen-bond donors (Lipinski definition) is 1. The summed E-state index contributed by atoms with van der Waals surface area (Å²) in [5.41, 5.74) is 1.61. The Morgan fingerprint density at radius 2 is 1.89 bits per heavy atom. The van der Waals surface area contributed by atoms with E-state index in [9.17, 15) is 9.18 Å². The van der Waals surface area contributed by atoms with Gasteiger partial charge in [-0.2, -0.15) is 0 Å². The second kappa shape index (κ2) is 8.93. The molecule has 1 atom stereocenters. The van der Waals surface area contributed by atoms with Gasteiger partial charge in [-0.1, -0.05) is 0 Å². The summed E-state index contributed by atoms with van der Waals surface area (Å²) in [4.78, 5) is 14.5. The van der Waals surface area contributed by atoms with Crippen molar-refractivity contribution in [3.63, 3.8) is 0 Å². The van der Waals surface area contributed by atoms with Crippen LogP contribution in [0, 0.1) is 5.82 Å². The molecule has 2 aromatic carbocycles. The predicted molar refractivity (Wildman–Crippen MR) is 106 cm³/mol. The van der Waals surface area contributed by atoms with E-state index < -0.39 is 11.9 Å². The van der Waals surface area contributed by atoms with E-state index in [0.29, 0.717) is 34.9 Å². The third-order valence-electron chi connectivity index (χ3n) is 4.96. The van der Waals surface area contributed by atoms with Crippen LogP contribution in [-0.4, -0.2) is 51.5 Å². The van der Waals surface area contributed by atoms with Gasteiger partial charge >= 0.3 is 6.09 Å². The topological polar surface area (TPSA) is 60.0 Å². The van der Waals surface area contributed by atoms with Crippen LogP contribution < -0.4 is 14.8 Å². The van der Waals surface area contributed by atoms with Crippen molar-refractivity contribution in [2.24, 2.45) is 0 Å². The van der Waals surface area contributed by atoms with Gasteiger partial charge in [0.1, 0.15) is 23.9 Å². The van der Waals surface area contributed by atoms with Gasteiger partial charge in [-0.3, -0.25) is 5.32 Å². The number of halogens is 1. The van der Waals surface area contributed by atoms with Crippen LogP contribution in [0.3, 0.4) is 0 Å². The maximum Gasteiger partial charge on any atom is 0.411 e. The highest BCUT2D eigenvalue weighted by Gasteiger charge is 2.22. The Bertz CT molecular complexity index is 821. The normalized spacial score (nSPS) is 16.6. The number of anilines is 1. The average Bonchev–Trinajstić information content (AvgIpc) is 3.12. The molecule has 1 amide bonds. The van der Waals surface area contributed by atoms with E-state index in [1.165, 1.54) is 18.2 Å². The molecule has 0 aromatic heterocycles. The van der Waals surface area contributed by atoms with Crippen molar-refractivity contribution in [1.82, 2.24) is 4.90 Å². The number of methoxy groups -OCH3 is 2. The van der Waals surface area contributed by atoms with Crippen molar-refractivity contribution in [3.05, 3.63) is 42.2 Å². The molecule has 1 saturated heterocycles. The lowest BCUT2D eigenvalue weighted by atomic mass is 10.0. The van der Waals surface area contributed by atoms with Crippen LogP contribution in [0.2, 0.25) is 0 Å². The number of ether oxygens (including phenoxy) is 3. The Morgan fingerprint density at radius 3 is 2.50 bits per heavy atom. The molecule has 1 heterocycles. The fourth-order valence-corrected chi connectivity index (χ4v) is 3.34. The monoisotopic (exact) mass is 388 g/mol. The molecule has 0 spiro atoms. The maximum absolute atomic E-state index is 13.9. The molecule has 0 bridgehead atoms. The molecule has 0 unspecified atom stereocenters. The summed E-state index contributed by atoms with van der Waals surface area (Å²) in [6.45, 7) is 1.33. The minimum absolute atomic E-state index is 0.237. The molecule has 28 heavy (non-hydrogen) atoms. The zero-order valence-corrected chi connectivity index (χ0v) is 16.3. The van der Waals surface area contributed by atoms with E-state index in [-0.39, 0.29) is 6.04 Å². The Morgan fingerprint density at radius 1 is 1.18 bits per heavy atom. The van der Waals surface area contributed by atoms with Crippen molar-refractivity contribution in [2.75, 3.05) is 39.7 Å². The molecule has 0 aliphatic carbocycles. The third-order valence-corrected chi connectivity index (χ3v) is 4.96. The first-order valence-electron chi connectivity index (χ1n) is 9.17. The Hall–Kier alpha value is -2.80. The summed E-state index contributed by atoms with van der Waals surface area (Å²) in [5.74, 6) is 0.719. The van der Waals surface area contributed by atoms with Crippen LogP contribution in [0.25, 0.3) is 11.1 Å². The molecule has 1 fully saturated rings. The highest BCUT2D eigenvalue weighted by atomic mass is 19.1. The summed E-state index contributed by atoms with van der Waals surface area (Å²) in [6.07, 6.45) is 1.55. The first kappa shape index (κ1) is 19.9. The zero-order chi connectivity index (χ0) is 20.1. The van der Waals surface area contributed by atoms with E-state index in [4.69, 9.17) is 14.2 Å². The largest absolute Gasteiger partial charge is 0.497 e. The average molecular weight is 388 g/mol. The van der Waals surface area contributed by atoms with Gasteiger partial charge in [0.25, 0.3) is 0 Å². The van der Waals surface area contributed by atoms with Gasteiger partial charge in [0, 0.05) is 17.7 Å². The van der Waals surface area contributed by atoms with Crippen molar-refractivity contribution < 1.29 is 23.4 Å². The summed E-state index contributed by atoms with van der Waals surface area (Å²) >= 11 is 0. The number of hydrogen-bond acceptors (Lipinski definition) is 5. The molecule has 0 radical (unpaired) electrons. The van der Waals surface area contributed by atoms with E-state index in [1.54, 1.807) is 32.4 Å². The molecular formula is C21H25FN2O4. The van der Waals surface area contributed by atoms with E-state index in [2.05, 4.69) is 10.2 Å². The van der Waals surface area contributed by atoms with Gasteiger partial charge in [0.15, 0.2) is 0 Å². The van der Waals surface area contributed by atoms with Crippen molar-refractivity contribution in [2.45, 2.75) is 18.9 Å². The number of likely N-dealkylation sites (tertiary alicyclic amines) is 1. The molecule has 150 valence electrons. The van der Waals surface area contributed by atoms with Gasteiger partial charge < -0.3 is 19.1 Å². The predicted octanol–water partition coefficient (Wildman–Crippen LogP) is 4.15. The minimum atomic E-state index is -0.567. The summed E-state index contributed by atoms with van der Waals surface area (Å²) in [6, 6.07) is 9.63. The molecule has 1 aliphatic rings. The van der Waals surface area contributed by atoms with Crippen LogP contribution in [-0.2, 0) is 4.74 Å². The van der Waals surface area contributed by atoms with Gasteiger partial charge in [0.05, 0.1) is 19.9 Å². The fraction of sp³-hybridized carbons (Fsp3) is 0.381. The fourth-order valence-electron chi connectivity index (χ4n) is 3.34. The number of nitrogens with one attached hydrogen (secondary N) is 1. The molecule has 7 heteroatoms. The summed E-state index contributed by atoms with van der Waals surface area (Å²) in [7, 11) is 5.11. The lowest BCUT2D eigenvalue weighted by Crippen LogP contribution is -2.31. The maximum atomic E-state index is 13.9. The molecule has 3 rings (SSSR count). The molecule has 2 aromatic rings. The molecule has 1 aliphatic heterocycles. The zero-order valence-electron chi connectivity index (χ0n) is 16.3. The van der Waals surface area contributed by atoms with Crippen LogP contribution in [0.4, 0.5) is 14.9 Å². The number of benzene rings is 2. The number of amides is 1. The van der Waals surface area contributed by atoms with Gasteiger partial charge in [-0.25, -0.2) is 9.18 Å². The van der Waals surface area contributed by atoms with Gasteiger partial charge in [0.2, 0.25) is 0 Å². The van der Waals surface area contributed by atoms with Gasteiger partial charge in [-0.05, 0) is 62.3 Å². The third kappa shape index (κ3) is 4.72. The van der Waals surface area contributed by atoms with E-state index >= 15 is 0 Å². The molecule has 0 saturated carbocycles. The highest BCUT2D eigenvalue weighted by Crippen LogP contribution is 2.34. The van der Waals surface area contributed by atoms with Crippen LogP contribution in [0.15, 0.2) is 36.4 Å². The number of likely N-dealkylation sites (N-methyl/N-ethyl adjacent to an activating group) is 1. The number of carbonyl (C=O) groups excluding carboxylic acids is 1. The Balaban J connectivity index is 1.80. The van der Waals surface area contributed by atoms with Crippen molar-refractivity contribution in [1.29, 1.82) is 0 Å². The second-order valence-corrected chi connectivity index (χ2v) is 6.79. The molecule has 6 nitrogen and oxygen atoms in total. The molecule has 1 N–H and O–H groups in total. The minimum Gasteiger partial charge on any atom is -0.497 e. The lowest BCUT2D eigenvalue weighted by Gasteiger charge is -2.19. The van der Waals surface area contributed by atoms with Crippen molar-refractivity contribution in [3.8, 4) is 22.6 Å². The van der Waals surface area contributed by atoms with Gasteiger partial charge in [-0.15, -0.1) is 0 Å². The van der Waals surface area contributed by atoms with Crippen LogP contribution >= 0.6 is 0 Å². The standard InChI is InChI=1S/C21H25FN2O4/c1-24-8-4-5-16(24)13-28-21(25)23-20-7-6-15(22)11-19(20)14-9-17(26-2)12-18(10-14)27-3/h6-7,9-12,16H,4-5,8,13H2,1-3H3,(H,23,25)/t16-/m0/s1. The van der Waals surface area contributed by atoms with E-state index in [0.717, 1.165) is 19.4 Å². The smallest absolute Gasteiger partial charge is 0.411 e. The van der Waals surface area contributed by atoms with Crippen LogP contribution in [0.5, 0.6) is 11.5 Å². The molecular weight excluding hydrogens is 363 g/mol. The quantitative estimate of drug-likeness (QED) is 0.806. The number of nitrogens with zero attached hydrogens (tertiary/aromatic N) is 1. The highest BCUT2D eigenvalue weighted by molar-refractivity contribution is 5.91. The Labute approximate surface area is 164 Å². The lowest BCUT2D eigenvalue weighted by molar-refractivity contribution is 0.127. The number of rotatable bonds is 6. The SMILES string of the molecule is COc1cc(OC)cc(-c2cc(F)ccc2NC(=O)OC[C@@H]2CCCN2C)c1. The Kier molecular flexibility index (Phi) is 6.36.